The predicted molar refractivity (Wildman–Crippen MR) is 166 cm³/mol. The van der Waals surface area contributed by atoms with Gasteiger partial charge in [0.25, 0.3) is 0 Å². The lowest BCUT2D eigenvalue weighted by atomic mass is 9.98. The molecule has 1 heterocycles. The van der Waals surface area contributed by atoms with Crippen molar-refractivity contribution in [3.8, 4) is 0 Å². The summed E-state index contributed by atoms with van der Waals surface area (Å²) in [5, 5.41) is 18.5. The van der Waals surface area contributed by atoms with E-state index in [0.717, 1.165) is 16.0 Å². The van der Waals surface area contributed by atoms with Crippen molar-refractivity contribution in [1.82, 2.24) is 15.1 Å². The van der Waals surface area contributed by atoms with E-state index in [1.54, 1.807) is 49.9 Å². The van der Waals surface area contributed by atoms with Gasteiger partial charge in [-0.1, -0.05) is 65.8 Å². The summed E-state index contributed by atoms with van der Waals surface area (Å²) in [5.41, 5.74) is 10.0. The number of unbranched alkanes of at least 4 members (excludes halogenated alkanes) is 1. The SMILES string of the molecule is CC(C)(C)N(C(=O)O)[C@@H](CCCCNC(=O)OCc1ccccc1)C(=O)N(Cc1ccc(N=[N+]=[N-])cc1)Cc1cccs1. The zero-order valence-electron chi connectivity index (χ0n) is 24.7. The summed E-state index contributed by atoms with van der Waals surface area (Å²) in [6.07, 6.45) is -0.397. The number of carbonyl (C=O) groups excluding carboxylic acids is 2. The number of azide groups is 1. The molecule has 1 aromatic heterocycles. The zero-order chi connectivity index (χ0) is 31.2. The molecule has 0 aliphatic heterocycles. The Morgan fingerprint density at radius 3 is 2.33 bits per heavy atom. The highest BCUT2D eigenvalue weighted by molar-refractivity contribution is 7.09. The molecule has 0 saturated carbocycles. The topological polar surface area (TPSA) is 148 Å². The minimum atomic E-state index is -1.18. The molecule has 3 amide bonds. The quantitative estimate of drug-likeness (QED) is 0.0845. The lowest BCUT2D eigenvalue weighted by Crippen LogP contribution is -2.57. The Morgan fingerprint density at radius 1 is 1.00 bits per heavy atom. The number of thiophene rings is 1. The summed E-state index contributed by atoms with van der Waals surface area (Å²) in [6, 6.07) is 19.2. The van der Waals surface area contributed by atoms with Crippen LogP contribution >= 0.6 is 11.3 Å². The Balaban J connectivity index is 1.71. The second-order valence-electron chi connectivity index (χ2n) is 11.0. The van der Waals surface area contributed by atoms with E-state index >= 15 is 0 Å². The number of hydrogen-bond acceptors (Lipinski definition) is 6. The van der Waals surface area contributed by atoms with Gasteiger partial charge in [-0.25, -0.2) is 9.59 Å². The fourth-order valence-corrected chi connectivity index (χ4v) is 5.35. The van der Waals surface area contributed by atoms with E-state index in [1.807, 2.05) is 47.8 Å². The van der Waals surface area contributed by atoms with Gasteiger partial charge < -0.3 is 20.1 Å². The maximum atomic E-state index is 14.2. The van der Waals surface area contributed by atoms with Gasteiger partial charge in [0, 0.05) is 34.1 Å². The van der Waals surface area contributed by atoms with Crippen LogP contribution in [0.1, 0.15) is 56.0 Å². The average molecular weight is 607 g/mol. The maximum Gasteiger partial charge on any atom is 0.408 e. The molecule has 11 nitrogen and oxygen atoms in total. The average Bonchev–Trinajstić information content (AvgIpc) is 3.48. The van der Waals surface area contributed by atoms with E-state index in [-0.39, 0.29) is 25.5 Å². The van der Waals surface area contributed by atoms with Crippen molar-refractivity contribution in [2.24, 2.45) is 5.11 Å². The van der Waals surface area contributed by atoms with Crippen molar-refractivity contribution < 1.29 is 24.2 Å². The Bertz CT molecular complexity index is 1370. The van der Waals surface area contributed by atoms with E-state index in [0.29, 0.717) is 31.6 Å². The van der Waals surface area contributed by atoms with Crippen LogP contribution in [0.25, 0.3) is 10.4 Å². The van der Waals surface area contributed by atoms with Crippen molar-refractivity contribution in [2.75, 3.05) is 6.54 Å². The first-order valence-corrected chi connectivity index (χ1v) is 14.9. The molecule has 0 radical (unpaired) electrons. The number of alkyl carbamates (subject to hydrolysis) is 1. The van der Waals surface area contributed by atoms with Crippen molar-refractivity contribution in [3.05, 3.63) is 98.6 Å². The Morgan fingerprint density at radius 2 is 1.72 bits per heavy atom. The summed E-state index contributed by atoms with van der Waals surface area (Å²) in [4.78, 5) is 45.5. The van der Waals surface area contributed by atoms with Gasteiger partial charge in [0.1, 0.15) is 12.6 Å². The summed E-state index contributed by atoms with van der Waals surface area (Å²) in [5.74, 6) is -0.305. The van der Waals surface area contributed by atoms with Gasteiger partial charge in [0.15, 0.2) is 0 Å². The van der Waals surface area contributed by atoms with Gasteiger partial charge in [-0.05, 0) is 68.1 Å². The molecule has 1 atom stereocenters. The van der Waals surface area contributed by atoms with Crippen molar-refractivity contribution in [1.29, 1.82) is 0 Å². The number of amides is 3. The monoisotopic (exact) mass is 606 g/mol. The van der Waals surface area contributed by atoms with Gasteiger partial charge >= 0.3 is 12.2 Å². The Labute approximate surface area is 255 Å². The fraction of sp³-hybridized carbons (Fsp3) is 0.387. The number of benzene rings is 2. The van der Waals surface area contributed by atoms with Crippen molar-refractivity contribution in [2.45, 2.75) is 71.3 Å². The highest BCUT2D eigenvalue weighted by atomic mass is 32.1. The first-order chi connectivity index (χ1) is 20.6. The number of rotatable bonds is 14. The normalized spacial score (nSPS) is 11.6. The van der Waals surface area contributed by atoms with Gasteiger partial charge in [0.05, 0.1) is 6.54 Å². The van der Waals surface area contributed by atoms with E-state index in [4.69, 9.17) is 10.3 Å². The lowest BCUT2D eigenvalue weighted by molar-refractivity contribution is -0.139. The third kappa shape index (κ3) is 10.7. The van der Waals surface area contributed by atoms with Crippen LogP contribution in [0.15, 0.2) is 77.2 Å². The smallest absolute Gasteiger partial charge is 0.408 e. The molecule has 0 unspecified atom stereocenters. The third-order valence-corrected chi connectivity index (χ3v) is 7.48. The molecule has 0 aliphatic carbocycles. The molecule has 0 fully saturated rings. The number of nitrogens with one attached hydrogen (secondary N) is 1. The predicted octanol–water partition coefficient (Wildman–Crippen LogP) is 7.46. The van der Waals surface area contributed by atoms with Crippen molar-refractivity contribution >= 4 is 35.1 Å². The molecule has 0 aliphatic rings. The number of hydrogen-bond donors (Lipinski definition) is 2. The van der Waals surface area contributed by atoms with Gasteiger partial charge in [-0.2, -0.15) is 0 Å². The van der Waals surface area contributed by atoms with Crippen LogP contribution < -0.4 is 5.32 Å². The fourth-order valence-electron chi connectivity index (χ4n) is 4.63. The van der Waals surface area contributed by atoms with E-state index in [2.05, 4.69) is 15.3 Å². The van der Waals surface area contributed by atoms with Crippen molar-refractivity contribution in [3.63, 3.8) is 0 Å². The summed E-state index contributed by atoms with van der Waals surface area (Å²) < 4.78 is 5.25. The molecule has 228 valence electrons. The standard InChI is InChI=1S/C31H38N6O5S/c1-31(2,3)37(30(40)41)27(13-7-8-18-33-29(39)42-22-24-10-5-4-6-11-24)28(38)36(21-26-12-9-19-43-26)20-23-14-16-25(17-15-23)34-35-32/h4-6,9-12,14-17,19,27H,7-8,13,18,20-22H2,1-3H3,(H,33,39)(H,40,41)/t27-/m0/s1. The largest absolute Gasteiger partial charge is 0.465 e. The van der Waals surface area contributed by atoms with Crippen LogP contribution in [0.4, 0.5) is 15.3 Å². The van der Waals surface area contributed by atoms with Crippen LogP contribution in [-0.4, -0.2) is 51.1 Å². The summed E-state index contributed by atoms with van der Waals surface area (Å²) >= 11 is 1.52. The summed E-state index contributed by atoms with van der Waals surface area (Å²) in [7, 11) is 0. The molecular formula is C31H38N6O5S. The molecule has 3 aromatic rings. The van der Waals surface area contributed by atoms with Crippen LogP contribution in [0, 0.1) is 0 Å². The molecule has 3 rings (SSSR count). The Hall–Kier alpha value is -4.54. The summed E-state index contributed by atoms with van der Waals surface area (Å²) in [6.45, 7) is 6.36. The van der Waals surface area contributed by atoms with Gasteiger partial charge in [0.2, 0.25) is 5.91 Å². The Kier molecular flexibility index (Phi) is 12.4. The van der Waals surface area contributed by atoms with Crippen LogP contribution in [0.3, 0.4) is 0 Å². The first kappa shape index (κ1) is 33.0. The minimum Gasteiger partial charge on any atom is -0.465 e. The van der Waals surface area contributed by atoms with E-state index < -0.39 is 23.8 Å². The molecule has 2 aromatic carbocycles. The molecule has 43 heavy (non-hydrogen) atoms. The zero-order valence-corrected chi connectivity index (χ0v) is 25.5. The van der Waals surface area contributed by atoms with Crippen LogP contribution in [0.2, 0.25) is 0 Å². The molecule has 0 bridgehead atoms. The molecule has 2 N–H and O–H groups in total. The molecule has 12 heteroatoms. The van der Waals surface area contributed by atoms with Crippen LogP contribution in [-0.2, 0) is 29.2 Å². The van der Waals surface area contributed by atoms with Crippen LogP contribution in [0.5, 0.6) is 0 Å². The van der Waals surface area contributed by atoms with Gasteiger partial charge in [-0.3, -0.25) is 9.69 Å². The molecule has 0 spiro atoms. The maximum absolute atomic E-state index is 14.2. The van der Waals surface area contributed by atoms with Gasteiger partial charge in [-0.15, -0.1) is 11.3 Å². The van der Waals surface area contributed by atoms with E-state index in [9.17, 15) is 19.5 Å². The van der Waals surface area contributed by atoms with E-state index in [1.165, 1.54) is 16.2 Å². The lowest BCUT2D eigenvalue weighted by Gasteiger charge is -2.41. The first-order valence-electron chi connectivity index (χ1n) is 14.0. The third-order valence-electron chi connectivity index (χ3n) is 6.62. The minimum absolute atomic E-state index is 0.163. The second-order valence-corrected chi connectivity index (χ2v) is 12.0. The molecular weight excluding hydrogens is 568 g/mol. The highest BCUT2D eigenvalue weighted by Gasteiger charge is 2.39. The highest BCUT2D eigenvalue weighted by Crippen LogP contribution is 2.25. The molecule has 0 saturated heterocycles. The second kappa shape index (κ2) is 16.2. The number of ether oxygens (including phenoxy) is 1. The number of carboxylic acid groups (broad SMARTS) is 1. The number of carbonyl (C=O) groups is 3. The number of nitrogens with zero attached hydrogens (tertiary/aromatic N) is 5.